The molecule has 1 saturated carbocycles. The molecule has 0 amide bonds. The number of H-pyrrole nitrogens is 1. The summed E-state index contributed by atoms with van der Waals surface area (Å²) in [6, 6.07) is 19.5. The van der Waals surface area contributed by atoms with Crippen molar-refractivity contribution in [2.45, 2.75) is 26.2 Å². The number of hydrogen-bond acceptors (Lipinski definition) is 1. The highest BCUT2D eigenvalue weighted by Crippen LogP contribution is 2.47. The quantitative estimate of drug-likeness (QED) is 0.222. The van der Waals surface area contributed by atoms with Gasteiger partial charge in [0, 0.05) is 5.39 Å². The highest BCUT2D eigenvalue weighted by molar-refractivity contribution is 6.33. The Bertz CT molecular complexity index is 1420. The number of nitrogens with one attached hydrogen (secondary N) is 1. The van der Waals surface area contributed by atoms with Crippen LogP contribution < -0.4 is 0 Å². The van der Waals surface area contributed by atoms with Crippen molar-refractivity contribution in [1.82, 2.24) is 10.2 Å². The number of nitrogens with zero attached hydrogens (tertiary/aromatic N) is 1. The minimum absolute atomic E-state index is 0.325. The van der Waals surface area contributed by atoms with Gasteiger partial charge in [0.1, 0.15) is 5.82 Å². The third-order valence-electron chi connectivity index (χ3n) is 6.52. The summed E-state index contributed by atoms with van der Waals surface area (Å²) in [6.07, 6.45) is 9.31. The molecule has 0 atom stereocenters. The Kier molecular flexibility index (Phi) is 6.21. The Hall–Kier alpha value is -3.43. The second kappa shape index (κ2) is 9.44. The Balaban J connectivity index is 1.79. The highest BCUT2D eigenvalue weighted by atomic mass is 35.5. The average molecular weight is 469 g/mol. The van der Waals surface area contributed by atoms with E-state index in [9.17, 15) is 4.39 Å². The number of aromatic amines is 1. The van der Waals surface area contributed by atoms with E-state index >= 15 is 0 Å². The Labute approximate surface area is 204 Å². The van der Waals surface area contributed by atoms with E-state index < -0.39 is 0 Å². The molecule has 1 N–H and O–H groups in total. The predicted octanol–water partition coefficient (Wildman–Crippen LogP) is 8.70. The van der Waals surface area contributed by atoms with E-state index in [0.717, 1.165) is 57.1 Å². The molecular formula is C30H26ClFN2. The number of benzene rings is 3. The van der Waals surface area contributed by atoms with E-state index in [2.05, 4.69) is 53.2 Å². The van der Waals surface area contributed by atoms with Crippen molar-refractivity contribution in [2.24, 2.45) is 5.92 Å². The van der Waals surface area contributed by atoms with Gasteiger partial charge >= 0.3 is 0 Å². The lowest BCUT2D eigenvalue weighted by molar-refractivity contribution is 0.401. The van der Waals surface area contributed by atoms with Crippen molar-refractivity contribution in [3.05, 3.63) is 118 Å². The van der Waals surface area contributed by atoms with Crippen LogP contribution in [0.2, 0.25) is 5.02 Å². The van der Waals surface area contributed by atoms with Crippen LogP contribution in [0, 0.1) is 11.7 Å². The molecule has 5 rings (SSSR count). The van der Waals surface area contributed by atoms with E-state index in [1.165, 1.54) is 24.1 Å². The molecule has 1 aliphatic rings. The lowest BCUT2D eigenvalue weighted by Gasteiger charge is -2.32. The minimum atomic E-state index is -0.325. The zero-order valence-corrected chi connectivity index (χ0v) is 19.9. The lowest BCUT2D eigenvalue weighted by atomic mass is 9.72. The number of hydrogen-bond donors (Lipinski definition) is 1. The number of halogens is 2. The van der Waals surface area contributed by atoms with Gasteiger partial charge in [0.25, 0.3) is 0 Å². The minimum Gasteiger partial charge on any atom is -0.278 e. The molecule has 0 unspecified atom stereocenters. The van der Waals surface area contributed by atoms with Gasteiger partial charge in [-0.05, 0) is 77.3 Å². The molecule has 0 saturated heterocycles. The smallest absolute Gasteiger partial charge is 0.124 e. The molecule has 3 aromatic carbocycles. The first-order chi connectivity index (χ1) is 16.5. The van der Waals surface area contributed by atoms with Crippen LogP contribution in [0.4, 0.5) is 4.39 Å². The van der Waals surface area contributed by atoms with Gasteiger partial charge < -0.3 is 0 Å². The predicted molar refractivity (Wildman–Crippen MR) is 141 cm³/mol. The van der Waals surface area contributed by atoms with Crippen molar-refractivity contribution in [3.8, 4) is 0 Å². The maximum atomic E-state index is 14.0. The van der Waals surface area contributed by atoms with Gasteiger partial charge in [-0.25, -0.2) is 4.39 Å². The molecule has 0 spiro atoms. The molecule has 2 nitrogen and oxygen atoms in total. The second-order valence-electron chi connectivity index (χ2n) is 8.98. The maximum absolute atomic E-state index is 14.0. The van der Waals surface area contributed by atoms with E-state index in [-0.39, 0.29) is 5.82 Å². The van der Waals surface area contributed by atoms with Gasteiger partial charge in [-0.3, -0.25) is 5.10 Å². The third kappa shape index (κ3) is 4.36. The standard InChI is InChI=1S/C30H26ClFN2/c1-19(2)9-10-20-11-13-22(14-12-20)29(24-7-4-8-28-26(24)18-33-34-28)30(21-5-3-6-21)25-16-15-23(32)17-27(25)31/h4,7-18,21H,1,3,5-6H2,2H3,(H,33,34)/b10-9+,30-29+. The van der Waals surface area contributed by atoms with Crippen LogP contribution in [-0.4, -0.2) is 10.2 Å². The summed E-state index contributed by atoms with van der Waals surface area (Å²) in [5, 5.41) is 8.88. The zero-order chi connectivity index (χ0) is 23.7. The summed E-state index contributed by atoms with van der Waals surface area (Å²) in [4.78, 5) is 0. The van der Waals surface area contributed by atoms with E-state index in [4.69, 9.17) is 11.6 Å². The Morgan fingerprint density at radius 1 is 1.09 bits per heavy atom. The highest BCUT2D eigenvalue weighted by Gasteiger charge is 2.29. The fourth-order valence-electron chi connectivity index (χ4n) is 4.61. The monoisotopic (exact) mass is 468 g/mol. The number of rotatable bonds is 6. The first-order valence-corrected chi connectivity index (χ1v) is 11.9. The molecule has 0 radical (unpaired) electrons. The second-order valence-corrected chi connectivity index (χ2v) is 9.39. The maximum Gasteiger partial charge on any atom is 0.124 e. The first-order valence-electron chi connectivity index (χ1n) is 11.6. The van der Waals surface area contributed by atoms with Crippen molar-refractivity contribution in [1.29, 1.82) is 0 Å². The number of fused-ring (bicyclic) bond motifs is 1. The molecule has 4 aromatic rings. The van der Waals surface area contributed by atoms with Gasteiger partial charge in [-0.15, -0.1) is 0 Å². The van der Waals surface area contributed by atoms with Crippen LogP contribution in [0.1, 0.15) is 48.4 Å². The van der Waals surface area contributed by atoms with Crippen LogP contribution in [-0.2, 0) is 0 Å². The normalized spacial score (nSPS) is 14.9. The molecule has 4 heteroatoms. The topological polar surface area (TPSA) is 28.7 Å². The van der Waals surface area contributed by atoms with E-state index in [1.54, 1.807) is 0 Å². The third-order valence-corrected chi connectivity index (χ3v) is 6.83. The van der Waals surface area contributed by atoms with Crippen LogP contribution >= 0.6 is 11.6 Å². The summed E-state index contributed by atoms with van der Waals surface area (Å²) in [6.45, 7) is 5.92. The summed E-state index contributed by atoms with van der Waals surface area (Å²) < 4.78 is 14.0. The number of allylic oxidation sites excluding steroid dienone is 3. The van der Waals surface area contributed by atoms with Crippen molar-refractivity contribution < 1.29 is 4.39 Å². The molecule has 1 aromatic heterocycles. The molecule has 170 valence electrons. The van der Waals surface area contributed by atoms with Gasteiger partial charge in [0.2, 0.25) is 0 Å². The average Bonchev–Trinajstić information content (AvgIpc) is 3.27. The van der Waals surface area contributed by atoms with Gasteiger partial charge in [-0.2, -0.15) is 5.10 Å². The fraction of sp³-hybridized carbons (Fsp3) is 0.167. The summed E-state index contributed by atoms with van der Waals surface area (Å²) in [5.74, 6) is 0.0388. The molecule has 0 bridgehead atoms. The van der Waals surface area contributed by atoms with Gasteiger partial charge in [0.15, 0.2) is 0 Å². The van der Waals surface area contributed by atoms with Crippen LogP contribution in [0.5, 0.6) is 0 Å². The zero-order valence-electron chi connectivity index (χ0n) is 19.1. The van der Waals surface area contributed by atoms with Crippen LogP contribution in [0.3, 0.4) is 0 Å². The van der Waals surface area contributed by atoms with Crippen LogP contribution in [0.15, 0.2) is 85.1 Å². The van der Waals surface area contributed by atoms with Crippen molar-refractivity contribution in [2.75, 3.05) is 0 Å². The fourth-order valence-corrected chi connectivity index (χ4v) is 4.87. The number of aromatic nitrogens is 2. The first kappa shape index (κ1) is 22.4. The van der Waals surface area contributed by atoms with E-state index in [0.29, 0.717) is 10.9 Å². The molecule has 1 fully saturated rings. The lowest BCUT2D eigenvalue weighted by Crippen LogP contribution is -2.15. The summed E-state index contributed by atoms with van der Waals surface area (Å²) in [7, 11) is 0. The Morgan fingerprint density at radius 3 is 2.56 bits per heavy atom. The van der Waals surface area contributed by atoms with E-state index in [1.807, 2.05) is 37.4 Å². The van der Waals surface area contributed by atoms with Crippen LogP contribution in [0.25, 0.3) is 28.1 Å². The molecule has 1 aliphatic carbocycles. The Morgan fingerprint density at radius 2 is 1.88 bits per heavy atom. The SMILES string of the molecule is C=C(C)/C=C/c1ccc(/C(=C(\c2ccc(F)cc2Cl)C2CCC2)c2cccc3[nH]ncc23)cc1. The summed E-state index contributed by atoms with van der Waals surface area (Å²) >= 11 is 6.65. The summed E-state index contributed by atoms with van der Waals surface area (Å²) in [5.41, 5.74) is 8.49. The van der Waals surface area contributed by atoms with Gasteiger partial charge in [0.05, 0.1) is 16.7 Å². The van der Waals surface area contributed by atoms with Crippen molar-refractivity contribution >= 4 is 39.7 Å². The largest absolute Gasteiger partial charge is 0.278 e. The van der Waals surface area contributed by atoms with Crippen molar-refractivity contribution in [3.63, 3.8) is 0 Å². The molecule has 34 heavy (non-hydrogen) atoms. The van der Waals surface area contributed by atoms with Gasteiger partial charge in [-0.1, -0.05) is 84.8 Å². The molecular weight excluding hydrogens is 443 g/mol. The molecule has 0 aliphatic heterocycles. The molecule has 1 heterocycles.